The van der Waals surface area contributed by atoms with E-state index >= 15 is 0 Å². The van der Waals surface area contributed by atoms with E-state index in [1.807, 2.05) is 18.4 Å². The smallest absolute Gasteiger partial charge is 0.130 e. The van der Waals surface area contributed by atoms with Gasteiger partial charge in [0.1, 0.15) is 11.6 Å². The molecule has 84 valence electrons. The van der Waals surface area contributed by atoms with Crippen LogP contribution in [0, 0.1) is 18.6 Å². The highest BCUT2D eigenvalue weighted by atomic mass is 79.9. The Morgan fingerprint density at radius 3 is 2.56 bits per heavy atom. The summed E-state index contributed by atoms with van der Waals surface area (Å²) in [4.78, 5) is 0.832. The quantitative estimate of drug-likeness (QED) is 0.698. The minimum absolute atomic E-state index is 0.215. The Morgan fingerprint density at radius 2 is 2.00 bits per heavy atom. The third-order valence-electron chi connectivity index (χ3n) is 2.37. The molecule has 0 nitrogen and oxygen atoms in total. The fraction of sp³-hybridized carbons (Fsp3) is 0.167. The van der Waals surface area contributed by atoms with Gasteiger partial charge in [0.25, 0.3) is 0 Å². The minimum atomic E-state index is -0.552. The zero-order valence-corrected chi connectivity index (χ0v) is 10.9. The van der Waals surface area contributed by atoms with Crippen molar-refractivity contribution in [1.82, 2.24) is 0 Å². The summed E-state index contributed by atoms with van der Waals surface area (Å²) in [7, 11) is 0. The number of alkyl halides is 1. The molecule has 1 aromatic carbocycles. The van der Waals surface area contributed by atoms with Crippen molar-refractivity contribution in [2.45, 2.75) is 11.8 Å². The molecule has 0 saturated carbocycles. The van der Waals surface area contributed by atoms with Crippen molar-refractivity contribution >= 4 is 27.3 Å². The number of hydrogen-bond acceptors (Lipinski definition) is 1. The molecule has 0 aliphatic heterocycles. The lowest BCUT2D eigenvalue weighted by Gasteiger charge is -2.10. The Hall–Kier alpha value is -0.740. The van der Waals surface area contributed by atoms with Gasteiger partial charge in [0.2, 0.25) is 0 Å². The van der Waals surface area contributed by atoms with Crippen molar-refractivity contribution in [1.29, 1.82) is 0 Å². The van der Waals surface area contributed by atoms with Gasteiger partial charge in [0, 0.05) is 16.5 Å². The summed E-state index contributed by atoms with van der Waals surface area (Å²) < 4.78 is 26.3. The number of aryl methyl sites for hydroxylation is 1. The maximum atomic E-state index is 13.6. The Kier molecular flexibility index (Phi) is 3.40. The molecule has 0 aliphatic carbocycles. The van der Waals surface area contributed by atoms with Crippen molar-refractivity contribution in [2.75, 3.05) is 0 Å². The summed E-state index contributed by atoms with van der Waals surface area (Å²) in [6.07, 6.45) is 0. The van der Waals surface area contributed by atoms with Crippen molar-refractivity contribution in [3.05, 3.63) is 57.3 Å². The third-order valence-corrected chi connectivity index (χ3v) is 4.71. The molecule has 1 heterocycles. The van der Waals surface area contributed by atoms with E-state index in [9.17, 15) is 8.78 Å². The van der Waals surface area contributed by atoms with Gasteiger partial charge in [-0.05, 0) is 30.0 Å². The van der Waals surface area contributed by atoms with Crippen LogP contribution < -0.4 is 0 Å². The summed E-state index contributed by atoms with van der Waals surface area (Å²) in [5.74, 6) is -1.07. The molecule has 0 fully saturated rings. The van der Waals surface area contributed by atoms with E-state index in [0.717, 1.165) is 16.5 Å². The lowest BCUT2D eigenvalue weighted by atomic mass is 10.1. The molecule has 1 aromatic heterocycles. The largest absolute Gasteiger partial charge is 0.207 e. The van der Waals surface area contributed by atoms with Crippen molar-refractivity contribution < 1.29 is 8.78 Å². The van der Waals surface area contributed by atoms with Gasteiger partial charge < -0.3 is 0 Å². The van der Waals surface area contributed by atoms with Gasteiger partial charge in [-0.2, -0.15) is 0 Å². The van der Waals surface area contributed by atoms with Gasteiger partial charge in [-0.25, -0.2) is 8.78 Å². The average Bonchev–Trinajstić information content (AvgIpc) is 2.63. The molecule has 0 bridgehead atoms. The summed E-state index contributed by atoms with van der Waals surface area (Å²) in [5, 5.41) is 1.96. The van der Waals surface area contributed by atoms with Crippen LogP contribution in [0.4, 0.5) is 8.78 Å². The summed E-state index contributed by atoms with van der Waals surface area (Å²) in [6.45, 7) is 1.97. The van der Waals surface area contributed by atoms with Gasteiger partial charge >= 0.3 is 0 Å². The summed E-state index contributed by atoms with van der Waals surface area (Å²) in [5.41, 5.74) is 1.57. The summed E-state index contributed by atoms with van der Waals surface area (Å²) >= 11 is 5.01. The highest BCUT2D eigenvalue weighted by Gasteiger charge is 2.18. The van der Waals surface area contributed by atoms with E-state index in [0.29, 0.717) is 5.56 Å². The van der Waals surface area contributed by atoms with E-state index in [4.69, 9.17) is 0 Å². The van der Waals surface area contributed by atoms with Gasteiger partial charge in [-0.3, -0.25) is 0 Å². The fourth-order valence-electron chi connectivity index (χ4n) is 1.49. The number of benzene rings is 1. The van der Waals surface area contributed by atoms with Crippen LogP contribution in [0.5, 0.6) is 0 Å². The van der Waals surface area contributed by atoms with Crippen LogP contribution in [0.15, 0.2) is 29.6 Å². The maximum absolute atomic E-state index is 13.6. The van der Waals surface area contributed by atoms with E-state index in [1.165, 1.54) is 12.1 Å². The van der Waals surface area contributed by atoms with Crippen LogP contribution >= 0.6 is 27.3 Å². The van der Waals surface area contributed by atoms with Gasteiger partial charge in [0.15, 0.2) is 0 Å². The first-order valence-electron chi connectivity index (χ1n) is 4.72. The van der Waals surface area contributed by atoms with Crippen molar-refractivity contribution in [3.63, 3.8) is 0 Å². The Bertz CT molecular complexity index is 507. The summed E-state index contributed by atoms with van der Waals surface area (Å²) in [6, 6.07) is 5.64. The predicted molar refractivity (Wildman–Crippen MR) is 66.2 cm³/mol. The molecular formula is C12H9BrF2S. The molecule has 1 unspecified atom stereocenters. The molecule has 0 saturated heterocycles. The molecule has 0 aliphatic rings. The van der Waals surface area contributed by atoms with Gasteiger partial charge in [0.05, 0.1) is 4.83 Å². The molecule has 2 aromatic rings. The molecule has 0 amide bonds. The zero-order chi connectivity index (χ0) is 11.7. The second-order valence-electron chi connectivity index (χ2n) is 3.50. The lowest BCUT2D eigenvalue weighted by Crippen LogP contribution is -1.96. The van der Waals surface area contributed by atoms with Crippen molar-refractivity contribution in [2.24, 2.45) is 0 Å². The van der Waals surface area contributed by atoms with Crippen LogP contribution in [0.2, 0.25) is 0 Å². The first kappa shape index (κ1) is 11.7. The first-order chi connectivity index (χ1) is 7.59. The highest BCUT2D eigenvalue weighted by Crippen LogP contribution is 2.37. The minimum Gasteiger partial charge on any atom is -0.207 e. The van der Waals surface area contributed by atoms with E-state index in [-0.39, 0.29) is 4.83 Å². The molecule has 1 atom stereocenters. The second kappa shape index (κ2) is 4.63. The van der Waals surface area contributed by atoms with E-state index < -0.39 is 11.6 Å². The van der Waals surface area contributed by atoms with Crippen LogP contribution in [-0.4, -0.2) is 0 Å². The third kappa shape index (κ3) is 2.18. The molecule has 2 rings (SSSR count). The second-order valence-corrected chi connectivity index (χ2v) is 5.36. The molecule has 0 radical (unpaired) electrons. The normalized spacial score (nSPS) is 12.8. The SMILES string of the molecule is Cc1ccsc1C(Br)c1ccc(F)cc1F. The molecule has 0 N–H and O–H groups in total. The van der Waals surface area contributed by atoms with Crippen LogP contribution in [0.3, 0.4) is 0 Å². The van der Waals surface area contributed by atoms with E-state index in [1.54, 1.807) is 11.3 Å². The zero-order valence-electron chi connectivity index (χ0n) is 8.51. The van der Waals surface area contributed by atoms with Crippen LogP contribution in [0.1, 0.15) is 20.8 Å². The van der Waals surface area contributed by atoms with Crippen LogP contribution in [0.25, 0.3) is 0 Å². The number of thiophene rings is 1. The van der Waals surface area contributed by atoms with E-state index in [2.05, 4.69) is 15.9 Å². The van der Waals surface area contributed by atoms with Crippen LogP contribution in [-0.2, 0) is 0 Å². The van der Waals surface area contributed by atoms with Crippen molar-refractivity contribution in [3.8, 4) is 0 Å². The maximum Gasteiger partial charge on any atom is 0.130 e. The number of rotatable bonds is 2. The Labute approximate surface area is 105 Å². The first-order valence-corrected chi connectivity index (χ1v) is 6.52. The molecular weight excluding hydrogens is 294 g/mol. The molecule has 4 heteroatoms. The van der Waals surface area contributed by atoms with Gasteiger partial charge in [-0.1, -0.05) is 22.0 Å². The number of hydrogen-bond donors (Lipinski definition) is 0. The Balaban J connectivity index is 2.41. The monoisotopic (exact) mass is 302 g/mol. The lowest BCUT2D eigenvalue weighted by molar-refractivity contribution is 0.574. The topological polar surface area (TPSA) is 0 Å². The molecule has 0 spiro atoms. The predicted octanol–water partition coefficient (Wildman–Crippen LogP) is 4.82. The van der Waals surface area contributed by atoms with Gasteiger partial charge in [-0.15, -0.1) is 11.3 Å². The standard InChI is InChI=1S/C12H9BrF2S/c1-7-4-5-16-12(7)11(13)9-3-2-8(14)6-10(9)15/h2-6,11H,1H3. The molecule has 16 heavy (non-hydrogen) atoms. The Morgan fingerprint density at radius 1 is 1.25 bits per heavy atom. The fourth-order valence-corrected chi connectivity index (χ4v) is 3.47. The highest BCUT2D eigenvalue weighted by molar-refractivity contribution is 9.09. The number of halogens is 3. The average molecular weight is 303 g/mol.